The van der Waals surface area contributed by atoms with Crippen molar-refractivity contribution in [2.45, 2.75) is 18.9 Å². The summed E-state index contributed by atoms with van der Waals surface area (Å²) in [7, 11) is 0. The molecule has 13 nitrogen and oxygen atoms in total. The van der Waals surface area contributed by atoms with Gasteiger partial charge in [0.1, 0.15) is 6.10 Å². The molecule has 1 saturated heterocycles. The maximum absolute atomic E-state index is 14.5. The van der Waals surface area contributed by atoms with Crippen LogP contribution in [-0.4, -0.2) is 91.1 Å². The van der Waals surface area contributed by atoms with Gasteiger partial charge in [-0.05, 0) is 54.3 Å². The van der Waals surface area contributed by atoms with Crippen molar-refractivity contribution < 1.29 is 34.1 Å². The molecule has 1 fully saturated rings. The summed E-state index contributed by atoms with van der Waals surface area (Å²) in [4.78, 5) is 55.0. The molecule has 0 saturated carbocycles. The minimum absolute atomic E-state index is 0.0391. The highest BCUT2D eigenvalue weighted by atomic mass is 16.6. The Labute approximate surface area is 331 Å². The number of carbonyl (C=O) groups excluding carboxylic acids is 3. The predicted molar refractivity (Wildman–Crippen MR) is 220 cm³/mol. The molecule has 0 aliphatic carbocycles. The summed E-state index contributed by atoms with van der Waals surface area (Å²) in [6.07, 6.45) is -1.65. The first-order valence-electron chi connectivity index (χ1n) is 18.9. The molecule has 0 unspecified atom stereocenters. The molecule has 1 aliphatic heterocycles. The topological polar surface area (TPSA) is 164 Å². The first-order chi connectivity index (χ1) is 27.8. The standard InChI is InChI=1S/C44H46N6O7/c51-29-25-45-31-41(52)47-35-17-11-16-34(30-35)42(53)46-24-28-48-26-22-36(23-27-48)57-44(56)50(40-21-10-8-19-38(40)33-14-5-2-6-15-33)49(43(54)55)39-20-9-7-18-37(39)32-12-3-1-4-13-32/h1-21,30,36,45,51H,22-29,31H2,(H,46,53)(H,47,52)(H,54,55). The Balaban J connectivity index is 1.13. The van der Waals surface area contributed by atoms with Crippen LogP contribution in [-0.2, 0) is 9.53 Å². The van der Waals surface area contributed by atoms with Crippen molar-refractivity contribution in [3.63, 3.8) is 0 Å². The van der Waals surface area contributed by atoms with E-state index in [4.69, 9.17) is 9.84 Å². The van der Waals surface area contributed by atoms with Crippen LogP contribution >= 0.6 is 0 Å². The number of amides is 4. The van der Waals surface area contributed by atoms with Crippen LogP contribution in [0.25, 0.3) is 22.3 Å². The van der Waals surface area contributed by atoms with Crippen molar-refractivity contribution in [1.82, 2.24) is 15.5 Å². The number of nitrogens with zero attached hydrogens (tertiary/aromatic N) is 3. The number of hydrogen-bond acceptors (Lipinski definition) is 8. The molecular formula is C44H46N6O7. The quantitative estimate of drug-likeness (QED) is 0.0629. The van der Waals surface area contributed by atoms with Crippen LogP contribution in [0, 0.1) is 0 Å². The van der Waals surface area contributed by atoms with E-state index in [1.165, 1.54) is 0 Å². The van der Waals surface area contributed by atoms with Gasteiger partial charge in [0.05, 0.1) is 24.5 Å². The fraction of sp³-hybridized carbons (Fsp3) is 0.227. The number of nitrogens with one attached hydrogen (secondary N) is 3. The lowest BCUT2D eigenvalue weighted by Crippen LogP contribution is -2.52. The number of carbonyl (C=O) groups is 4. The van der Waals surface area contributed by atoms with E-state index in [-0.39, 0.29) is 30.7 Å². The van der Waals surface area contributed by atoms with Crippen LogP contribution in [0.15, 0.2) is 133 Å². The third-order valence-corrected chi connectivity index (χ3v) is 9.49. The maximum Gasteiger partial charge on any atom is 0.434 e. The van der Waals surface area contributed by atoms with Gasteiger partial charge in [-0.25, -0.2) is 9.59 Å². The SMILES string of the molecule is O=C(CNCCO)Nc1cccc(C(=O)NCCN2CCC(OC(=O)N(c3ccccc3-c3ccccc3)N(C(=O)O)c3ccccc3-c3ccccc3)CC2)c1. The van der Waals surface area contributed by atoms with Crippen LogP contribution in [0.2, 0.25) is 0 Å². The Bertz CT molecular complexity index is 2130. The number of ether oxygens (including phenoxy) is 1. The minimum atomic E-state index is -1.36. The number of aliphatic hydroxyl groups excluding tert-OH is 1. The molecule has 5 aromatic rings. The second-order valence-corrected chi connectivity index (χ2v) is 13.4. The molecule has 0 spiro atoms. The average molecular weight is 771 g/mol. The normalized spacial score (nSPS) is 13.0. The summed E-state index contributed by atoms with van der Waals surface area (Å²) in [6.45, 7) is 2.41. The maximum atomic E-state index is 14.5. The summed E-state index contributed by atoms with van der Waals surface area (Å²) < 4.78 is 6.15. The van der Waals surface area contributed by atoms with Crippen LogP contribution < -0.4 is 26.0 Å². The van der Waals surface area contributed by atoms with Gasteiger partial charge in [-0.3, -0.25) is 9.59 Å². The zero-order valence-corrected chi connectivity index (χ0v) is 31.4. The number of likely N-dealkylation sites (tertiary alicyclic amines) is 1. The largest absolute Gasteiger partial charge is 0.463 e. The number of para-hydroxylation sites is 2. The highest BCUT2D eigenvalue weighted by Gasteiger charge is 2.35. The van der Waals surface area contributed by atoms with Gasteiger partial charge in [0, 0.05) is 55.1 Å². The van der Waals surface area contributed by atoms with Gasteiger partial charge in [-0.2, -0.15) is 10.0 Å². The molecule has 0 bridgehead atoms. The summed E-state index contributed by atoms with van der Waals surface area (Å²) >= 11 is 0. The summed E-state index contributed by atoms with van der Waals surface area (Å²) in [5.41, 5.74) is 4.39. The molecule has 5 N–H and O–H groups in total. The number of rotatable bonds is 14. The lowest BCUT2D eigenvalue weighted by atomic mass is 10.0. The number of aliphatic hydroxyl groups is 1. The molecule has 0 radical (unpaired) electrons. The van der Waals surface area contributed by atoms with E-state index in [1.807, 2.05) is 84.9 Å². The molecule has 1 aliphatic rings. The van der Waals surface area contributed by atoms with Gasteiger partial charge in [0.2, 0.25) is 5.91 Å². The number of hydrazine groups is 1. The monoisotopic (exact) mass is 770 g/mol. The van der Waals surface area contributed by atoms with E-state index in [0.29, 0.717) is 73.6 Å². The number of piperidine rings is 1. The smallest absolute Gasteiger partial charge is 0.434 e. The van der Waals surface area contributed by atoms with Crippen molar-refractivity contribution in [3.05, 3.63) is 139 Å². The average Bonchev–Trinajstić information content (AvgIpc) is 3.24. The van der Waals surface area contributed by atoms with Gasteiger partial charge in [-0.1, -0.05) is 103 Å². The van der Waals surface area contributed by atoms with Gasteiger partial charge >= 0.3 is 12.2 Å². The summed E-state index contributed by atoms with van der Waals surface area (Å²) in [5, 5.41) is 30.3. The zero-order valence-electron chi connectivity index (χ0n) is 31.4. The Morgan fingerprint density at radius 3 is 1.88 bits per heavy atom. The van der Waals surface area contributed by atoms with E-state index in [0.717, 1.165) is 21.1 Å². The van der Waals surface area contributed by atoms with Crippen LogP contribution in [0.5, 0.6) is 0 Å². The van der Waals surface area contributed by atoms with Gasteiger partial charge in [-0.15, -0.1) is 0 Å². The van der Waals surface area contributed by atoms with Gasteiger partial charge < -0.3 is 35.8 Å². The highest BCUT2D eigenvalue weighted by Crippen LogP contribution is 2.38. The third kappa shape index (κ3) is 10.6. The molecule has 6 rings (SSSR count). The molecule has 0 aromatic heterocycles. The van der Waals surface area contributed by atoms with E-state index in [9.17, 15) is 24.3 Å². The van der Waals surface area contributed by atoms with Crippen molar-refractivity contribution in [2.24, 2.45) is 0 Å². The molecule has 4 amide bonds. The van der Waals surface area contributed by atoms with E-state index in [2.05, 4.69) is 20.9 Å². The molecule has 13 heteroatoms. The predicted octanol–water partition coefficient (Wildman–Crippen LogP) is 6.48. The van der Waals surface area contributed by atoms with Crippen molar-refractivity contribution in [2.75, 3.05) is 61.2 Å². The van der Waals surface area contributed by atoms with Crippen LogP contribution in [0.1, 0.15) is 23.2 Å². The Hall–Kier alpha value is -6.54. The number of hydrogen-bond donors (Lipinski definition) is 5. The van der Waals surface area contributed by atoms with Crippen molar-refractivity contribution in [1.29, 1.82) is 0 Å². The fourth-order valence-electron chi connectivity index (χ4n) is 6.72. The van der Waals surface area contributed by atoms with E-state index in [1.54, 1.807) is 48.5 Å². The molecule has 5 aromatic carbocycles. The molecule has 1 heterocycles. The highest BCUT2D eigenvalue weighted by molar-refractivity contribution is 6.06. The van der Waals surface area contributed by atoms with E-state index >= 15 is 0 Å². The van der Waals surface area contributed by atoms with Crippen LogP contribution in [0.4, 0.5) is 26.7 Å². The lowest BCUT2D eigenvalue weighted by molar-refractivity contribution is -0.115. The second-order valence-electron chi connectivity index (χ2n) is 13.4. The first kappa shape index (κ1) is 40.1. The Kier molecular flexibility index (Phi) is 14.0. The first-order valence-corrected chi connectivity index (χ1v) is 18.9. The van der Waals surface area contributed by atoms with Crippen molar-refractivity contribution >= 4 is 41.1 Å². The Morgan fingerprint density at radius 1 is 0.702 bits per heavy atom. The number of benzene rings is 5. The van der Waals surface area contributed by atoms with Crippen molar-refractivity contribution in [3.8, 4) is 22.3 Å². The zero-order chi connectivity index (χ0) is 40.0. The summed E-state index contributed by atoms with van der Waals surface area (Å²) in [6, 6.07) is 39.8. The molecule has 57 heavy (non-hydrogen) atoms. The Morgan fingerprint density at radius 2 is 1.28 bits per heavy atom. The fourth-order valence-corrected chi connectivity index (χ4v) is 6.72. The number of carboxylic acid groups (broad SMARTS) is 1. The van der Waals surface area contributed by atoms with Gasteiger partial charge in [0.25, 0.3) is 5.91 Å². The molecular weight excluding hydrogens is 725 g/mol. The third-order valence-electron chi connectivity index (χ3n) is 9.49. The van der Waals surface area contributed by atoms with Gasteiger partial charge in [0.15, 0.2) is 0 Å². The lowest BCUT2D eigenvalue weighted by Gasteiger charge is -2.36. The molecule has 0 atom stereocenters. The summed E-state index contributed by atoms with van der Waals surface area (Å²) in [5.74, 6) is -0.562. The number of anilines is 3. The van der Waals surface area contributed by atoms with E-state index < -0.39 is 18.3 Å². The van der Waals surface area contributed by atoms with Crippen LogP contribution in [0.3, 0.4) is 0 Å². The molecule has 294 valence electrons. The second kappa shape index (κ2) is 19.9. The minimum Gasteiger partial charge on any atom is -0.463 e.